The molecule has 2 aromatic carbocycles. The van der Waals surface area contributed by atoms with Gasteiger partial charge in [-0.2, -0.15) is 0 Å². The Morgan fingerprint density at radius 2 is 2.03 bits per heavy atom. The van der Waals surface area contributed by atoms with E-state index in [4.69, 9.17) is 16.3 Å². The lowest BCUT2D eigenvalue weighted by molar-refractivity contribution is -0.113. The van der Waals surface area contributed by atoms with Gasteiger partial charge < -0.3 is 10.1 Å². The van der Waals surface area contributed by atoms with Crippen molar-refractivity contribution in [2.45, 2.75) is 32.2 Å². The molecule has 0 aliphatic carbocycles. The first-order valence-electron chi connectivity index (χ1n) is 10.8. The van der Waals surface area contributed by atoms with E-state index in [2.05, 4.69) is 33.1 Å². The molecule has 0 saturated carbocycles. The second kappa shape index (κ2) is 11.5. The molecule has 4 aromatic rings. The number of halogens is 1. The Hall–Kier alpha value is -3.14. The molecule has 2 aromatic heterocycles. The summed E-state index contributed by atoms with van der Waals surface area (Å²) in [5.74, 6) is 1.47. The van der Waals surface area contributed by atoms with Crippen LogP contribution in [0.2, 0.25) is 5.02 Å². The molecule has 0 saturated heterocycles. The van der Waals surface area contributed by atoms with E-state index in [1.54, 1.807) is 6.08 Å². The Balaban J connectivity index is 1.35. The van der Waals surface area contributed by atoms with E-state index >= 15 is 0 Å². The first-order chi connectivity index (χ1) is 16.9. The van der Waals surface area contributed by atoms with Crippen LogP contribution in [0.25, 0.3) is 11.3 Å². The minimum absolute atomic E-state index is 0.170. The molecule has 0 radical (unpaired) electrons. The number of thiazole rings is 1. The van der Waals surface area contributed by atoms with Crippen molar-refractivity contribution < 1.29 is 9.53 Å². The third kappa shape index (κ3) is 6.50. The fourth-order valence-corrected chi connectivity index (χ4v) is 4.95. The zero-order chi connectivity index (χ0) is 24.8. The second-order valence-corrected chi connectivity index (χ2v) is 9.97. The van der Waals surface area contributed by atoms with Gasteiger partial charge in [0.05, 0.1) is 11.4 Å². The summed E-state index contributed by atoms with van der Waals surface area (Å²) in [4.78, 5) is 17.0. The van der Waals surface area contributed by atoms with Crippen molar-refractivity contribution in [1.82, 2.24) is 19.7 Å². The normalized spacial score (nSPS) is 10.8. The van der Waals surface area contributed by atoms with Crippen LogP contribution >= 0.6 is 34.7 Å². The molecular weight excluding hydrogens is 502 g/mol. The first kappa shape index (κ1) is 25.0. The summed E-state index contributed by atoms with van der Waals surface area (Å²) in [5, 5.41) is 15.1. The van der Waals surface area contributed by atoms with Crippen LogP contribution in [-0.4, -0.2) is 31.4 Å². The Morgan fingerprint density at radius 1 is 1.23 bits per heavy atom. The lowest BCUT2D eigenvalue weighted by atomic mass is 10.1. The number of rotatable bonds is 10. The molecular formula is C25H24ClN5O2S2. The number of aromatic nitrogens is 4. The quantitative estimate of drug-likeness (QED) is 0.197. The Bertz CT molecular complexity index is 1330. The number of nitrogens with zero attached hydrogens (tertiary/aromatic N) is 4. The van der Waals surface area contributed by atoms with Crippen molar-refractivity contribution in [2.75, 3.05) is 11.1 Å². The van der Waals surface area contributed by atoms with Crippen molar-refractivity contribution >= 4 is 45.7 Å². The van der Waals surface area contributed by atoms with E-state index in [0.717, 1.165) is 22.6 Å². The van der Waals surface area contributed by atoms with Crippen LogP contribution in [0.1, 0.15) is 17.0 Å². The summed E-state index contributed by atoms with van der Waals surface area (Å²) in [6, 6.07) is 13.5. The number of allylic oxidation sites excluding steroid dienone is 1. The maximum atomic E-state index is 12.5. The van der Waals surface area contributed by atoms with Gasteiger partial charge in [0.25, 0.3) is 0 Å². The first-order valence-corrected chi connectivity index (χ1v) is 13.0. The molecule has 0 bridgehead atoms. The smallest absolute Gasteiger partial charge is 0.236 e. The summed E-state index contributed by atoms with van der Waals surface area (Å²) in [6.45, 7) is 8.66. The van der Waals surface area contributed by atoms with Gasteiger partial charge in [0.2, 0.25) is 5.91 Å². The molecule has 0 atom stereocenters. The number of hydrogen-bond acceptors (Lipinski definition) is 7. The average Bonchev–Trinajstić information content (AvgIpc) is 3.45. The number of anilines is 1. The highest BCUT2D eigenvalue weighted by atomic mass is 35.5. The van der Waals surface area contributed by atoms with Crippen LogP contribution in [0.5, 0.6) is 5.75 Å². The number of amides is 1. The molecule has 4 rings (SSSR count). The lowest BCUT2D eigenvalue weighted by Gasteiger charge is -2.11. The van der Waals surface area contributed by atoms with Gasteiger partial charge in [-0.25, -0.2) is 4.98 Å². The van der Waals surface area contributed by atoms with Crippen LogP contribution in [0.15, 0.2) is 65.7 Å². The van der Waals surface area contributed by atoms with Crippen molar-refractivity contribution in [3.05, 3.63) is 82.5 Å². The summed E-state index contributed by atoms with van der Waals surface area (Å²) in [7, 11) is 0. The second-order valence-electron chi connectivity index (χ2n) is 7.74. The monoisotopic (exact) mass is 525 g/mol. The van der Waals surface area contributed by atoms with E-state index in [1.807, 2.05) is 60.2 Å². The number of carbonyl (C=O) groups excluding carboxylic acids is 1. The lowest BCUT2D eigenvalue weighted by Crippen LogP contribution is -2.15. The van der Waals surface area contributed by atoms with Gasteiger partial charge in [-0.15, -0.1) is 28.1 Å². The van der Waals surface area contributed by atoms with Crippen LogP contribution in [-0.2, 0) is 17.9 Å². The number of benzene rings is 2. The fourth-order valence-electron chi connectivity index (χ4n) is 3.32. The SMILES string of the molecule is C=CCn1c(COc2ccc(C)cc2C)nnc1SCC(=O)Nc1nc(-c2ccc(Cl)cc2)cs1. The highest BCUT2D eigenvalue weighted by Crippen LogP contribution is 2.27. The summed E-state index contributed by atoms with van der Waals surface area (Å²) >= 11 is 8.62. The Morgan fingerprint density at radius 3 is 2.77 bits per heavy atom. The molecule has 0 fully saturated rings. The maximum Gasteiger partial charge on any atom is 0.236 e. The van der Waals surface area contributed by atoms with Gasteiger partial charge in [-0.3, -0.25) is 9.36 Å². The van der Waals surface area contributed by atoms with Gasteiger partial charge in [-0.05, 0) is 37.6 Å². The summed E-state index contributed by atoms with van der Waals surface area (Å²) in [5.41, 5.74) is 3.97. The minimum atomic E-state index is -0.173. The number of hydrogen-bond donors (Lipinski definition) is 1. The van der Waals surface area contributed by atoms with E-state index in [9.17, 15) is 4.79 Å². The van der Waals surface area contributed by atoms with Crippen LogP contribution in [0.3, 0.4) is 0 Å². The van der Waals surface area contributed by atoms with Gasteiger partial charge in [0.1, 0.15) is 12.4 Å². The minimum Gasteiger partial charge on any atom is -0.485 e. The molecule has 7 nitrogen and oxygen atoms in total. The third-order valence-electron chi connectivity index (χ3n) is 5.02. The molecule has 0 aliphatic rings. The largest absolute Gasteiger partial charge is 0.485 e. The molecule has 2 heterocycles. The molecule has 0 unspecified atom stereocenters. The molecule has 1 amide bonds. The maximum absolute atomic E-state index is 12.5. The molecule has 10 heteroatoms. The van der Waals surface area contributed by atoms with Crippen LogP contribution in [0.4, 0.5) is 5.13 Å². The molecule has 180 valence electrons. The molecule has 0 spiro atoms. The Kier molecular flexibility index (Phi) is 8.22. The highest BCUT2D eigenvalue weighted by Gasteiger charge is 2.15. The van der Waals surface area contributed by atoms with Crippen molar-refractivity contribution in [2.24, 2.45) is 0 Å². The van der Waals surface area contributed by atoms with Gasteiger partial charge in [0, 0.05) is 22.5 Å². The van der Waals surface area contributed by atoms with E-state index in [1.165, 1.54) is 28.7 Å². The van der Waals surface area contributed by atoms with E-state index < -0.39 is 0 Å². The standard InChI is InChI=1S/C25H24ClN5O2S2/c1-4-11-31-22(13-33-21-10-5-16(2)12-17(21)3)29-30-25(31)35-15-23(32)28-24-27-20(14-34-24)18-6-8-19(26)9-7-18/h4-10,12,14H,1,11,13,15H2,2-3H3,(H,27,28,32). The average molecular weight is 526 g/mol. The number of carbonyl (C=O) groups is 1. The van der Waals surface area contributed by atoms with Crippen LogP contribution < -0.4 is 10.1 Å². The van der Waals surface area contributed by atoms with Crippen molar-refractivity contribution in [3.8, 4) is 17.0 Å². The third-order valence-corrected chi connectivity index (χ3v) is 6.99. The summed E-state index contributed by atoms with van der Waals surface area (Å²) in [6.07, 6.45) is 1.77. The van der Waals surface area contributed by atoms with Crippen molar-refractivity contribution in [1.29, 1.82) is 0 Å². The Labute approximate surface area is 217 Å². The molecule has 1 N–H and O–H groups in total. The topological polar surface area (TPSA) is 81.9 Å². The van der Waals surface area contributed by atoms with Gasteiger partial charge in [0.15, 0.2) is 16.1 Å². The number of thioether (sulfide) groups is 1. The predicted octanol–water partition coefficient (Wildman–Crippen LogP) is 6.17. The van der Waals surface area contributed by atoms with E-state index in [0.29, 0.717) is 27.7 Å². The zero-order valence-electron chi connectivity index (χ0n) is 19.3. The van der Waals surface area contributed by atoms with E-state index in [-0.39, 0.29) is 18.3 Å². The number of nitrogens with one attached hydrogen (secondary N) is 1. The van der Waals surface area contributed by atoms with Crippen molar-refractivity contribution in [3.63, 3.8) is 0 Å². The highest BCUT2D eigenvalue weighted by molar-refractivity contribution is 7.99. The molecule has 0 aliphatic heterocycles. The number of ether oxygens (including phenoxy) is 1. The van der Waals surface area contributed by atoms with Gasteiger partial charge >= 0.3 is 0 Å². The van der Waals surface area contributed by atoms with Crippen LogP contribution in [0, 0.1) is 13.8 Å². The zero-order valence-corrected chi connectivity index (χ0v) is 21.7. The fraction of sp³-hybridized carbons (Fsp3) is 0.200. The summed E-state index contributed by atoms with van der Waals surface area (Å²) < 4.78 is 7.87. The molecule has 35 heavy (non-hydrogen) atoms. The van der Waals surface area contributed by atoms with Gasteiger partial charge in [-0.1, -0.05) is 59.3 Å². The number of aryl methyl sites for hydroxylation is 2. The predicted molar refractivity (Wildman–Crippen MR) is 142 cm³/mol.